The molecule has 0 radical (unpaired) electrons. The first kappa shape index (κ1) is 18.0. The van der Waals surface area contributed by atoms with E-state index in [2.05, 4.69) is 10.3 Å². The molecule has 2 heterocycles. The number of nitrogens with zero attached hydrogens (tertiary/aromatic N) is 2. The lowest BCUT2D eigenvalue weighted by molar-refractivity contribution is 0.102. The zero-order chi connectivity index (χ0) is 19.7. The number of hydrogen-bond acceptors (Lipinski definition) is 3. The van der Waals surface area contributed by atoms with E-state index < -0.39 is 11.7 Å². The van der Waals surface area contributed by atoms with Gasteiger partial charge in [0.15, 0.2) is 0 Å². The number of fused-ring (bicyclic) bond motifs is 1. The second-order valence-electron chi connectivity index (χ2n) is 6.09. The first-order chi connectivity index (χ1) is 13.5. The Labute approximate surface area is 165 Å². The summed E-state index contributed by atoms with van der Waals surface area (Å²) >= 11 is 5.99. The number of benzene rings is 2. The fraction of sp³-hybridized carbons (Fsp3) is 0.0476. The van der Waals surface area contributed by atoms with Gasteiger partial charge in [-0.2, -0.15) is 0 Å². The van der Waals surface area contributed by atoms with Crippen molar-refractivity contribution in [2.45, 2.75) is 0 Å². The van der Waals surface area contributed by atoms with Crippen LogP contribution in [-0.4, -0.2) is 22.4 Å². The SMILES string of the molecule is COc1ccc(-c2cn3ccccc3n2)cc1NC(=O)c1ccc(F)cc1Cl. The lowest BCUT2D eigenvalue weighted by atomic mass is 10.1. The maximum atomic E-state index is 13.2. The molecule has 4 rings (SSSR count). The summed E-state index contributed by atoms with van der Waals surface area (Å²) in [4.78, 5) is 17.2. The molecule has 0 bridgehead atoms. The van der Waals surface area contributed by atoms with Gasteiger partial charge in [0.1, 0.15) is 17.2 Å². The van der Waals surface area contributed by atoms with E-state index in [9.17, 15) is 9.18 Å². The Hall–Kier alpha value is -3.38. The van der Waals surface area contributed by atoms with E-state index in [0.29, 0.717) is 11.4 Å². The predicted molar refractivity (Wildman–Crippen MR) is 107 cm³/mol. The van der Waals surface area contributed by atoms with E-state index in [-0.39, 0.29) is 10.6 Å². The fourth-order valence-corrected chi connectivity index (χ4v) is 3.16. The topological polar surface area (TPSA) is 55.6 Å². The van der Waals surface area contributed by atoms with Crippen LogP contribution in [0.15, 0.2) is 67.0 Å². The zero-order valence-electron chi connectivity index (χ0n) is 14.8. The van der Waals surface area contributed by atoms with Gasteiger partial charge in [-0.15, -0.1) is 0 Å². The Morgan fingerprint density at radius 2 is 2.04 bits per heavy atom. The van der Waals surface area contributed by atoms with Gasteiger partial charge in [0.05, 0.1) is 29.1 Å². The van der Waals surface area contributed by atoms with Crippen molar-refractivity contribution in [1.82, 2.24) is 9.38 Å². The van der Waals surface area contributed by atoms with Crippen LogP contribution in [0.25, 0.3) is 16.9 Å². The normalized spacial score (nSPS) is 10.8. The monoisotopic (exact) mass is 395 g/mol. The molecular weight excluding hydrogens is 381 g/mol. The smallest absolute Gasteiger partial charge is 0.257 e. The van der Waals surface area contributed by atoms with Crippen LogP contribution in [0.2, 0.25) is 5.02 Å². The van der Waals surface area contributed by atoms with Gasteiger partial charge in [0.2, 0.25) is 0 Å². The van der Waals surface area contributed by atoms with Gasteiger partial charge in [-0.05, 0) is 48.5 Å². The minimum atomic E-state index is -0.507. The average Bonchev–Trinajstić information content (AvgIpc) is 3.12. The van der Waals surface area contributed by atoms with E-state index >= 15 is 0 Å². The molecule has 0 aliphatic carbocycles. The van der Waals surface area contributed by atoms with Crippen molar-refractivity contribution in [2.24, 2.45) is 0 Å². The summed E-state index contributed by atoms with van der Waals surface area (Å²) in [6, 6.07) is 14.8. The summed E-state index contributed by atoms with van der Waals surface area (Å²) in [7, 11) is 1.51. The maximum absolute atomic E-state index is 13.2. The van der Waals surface area contributed by atoms with Crippen LogP contribution in [0, 0.1) is 5.82 Å². The van der Waals surface area contributed by atoms with Gasteiger partial charge >= 0.3 is 0 Å². The first-order valence-corrected chi connectivity index (χ1v) is 8.81. The molecule has 0 aliphatic rings. The Morgan fingerprint density at radius 3 is 2.79 bits per heavy atom. The molecule has 140 valence electrons. The molecular formula is C21H15ClFN3O2. The molecule has 2 aromatic carbocycles. The number of aromatic nitrogens is 2. The molecule has 2 aromatic heterocycles. The van der Waals surface area contributed by atoms with Gasteiger partial charge in [-0.1, -0.05) is 17.7 Å². The summed E-state index contributed by atoms with van der Waals surface area (Å²) in [6.45, 7) is 0. The van der Waals surface area contributed by atoms with Crippen molar-refractivity contribution in [1.29, 1.82) is 0 Å². The molecule has 1 N–H and O–H groups in total. The van der Waals surface area contributed by atoms with Crippen LogP contribution < -0.4 is 10.1 Å². The third-order valence-electron chi connectivity index (χ3n) is 4.28. The van der Waals surface area contributed by atoms with Crippen LogP contribution in [0.4, 0.5) is 10.1 Å². The Kier molecular flexibility index (Phi) is 4.71. The molecule has 0 unspecified atom stereocenters. The van der Waals surface area contributed by atoms with Crippen molar-refractivity contribution in [3.8, 4) is 17.0 Å². The van der Waals surface area contributed by atoms with E-state index in [1.54, 1.807) is 12.1 Å². The van der Waals surface area contributed by atoms with Crippen molar-refractivity contribution >= 4 is 28.8 Å². The fourth-order valence-electron chi connectivity index (χ4n) is 2.90. The van der Waals surface area contributed by atoms with Crippen LogP contribution in [-0.2, 0) is 0 Å². The number of rotatable bonds is 4. The number of amides is 1. The van der Waals surface area contributed by atoms with Crippen molar-refractivity contribution in [3.63, 3.8) is 0 Å². The third kappa shape index (κ3) is 3.42. The minimum absolute atomic E-state index is 0.0352. The molecule has 0 spiro atoms. The van der Waals surface area contributed by atoms with Crippen LogP contribution >= 0.6 is 11.6 Å². The summed E-state index contributed by atoms with van der Waals surface area (Å²) in [5.41, 5.74) is 3.01. The number of carbonyl (C=O) groups is 1. The number of halogens is 2. The molecule has 1 amide bonds. The van der Waals surface area contributed by atoms with E-state index in [1.807, 2.05) is 41.1 Å². The number of imidazole rings is 1. The summed E-state index contributed by atoms with van der Waals surface area (Å²) in [6.07, 6.45) is 3.81. The standard InChI is InChI=1S/C21H15ClFN3O2/c1-28-19-8-5-13(18-12-26-9-3-2-4-20(26)24-18)10-17(19)25-21(27)15-7-6-14(23)11-16(15)22/h2-12H,1H3,(H,25,27). The second kappa shape index (κ2) is 7.32. The quantitative estimate of drug-likeness (QED) is 0.525. The number of carbonyl (C=O) groups excluding carboxylic acids is 1. The van der Waals surface area contributed by atoms with Crippen molar-refractivity contribution in [3.05, 3.63) is 83.4 Å². The molecule has 0 aliphatic heterocycles. The highest BCUT2D eigenvalue weighted by Gasteiger charge is 2.15. The Morgan fingerprint density at radius 1 is 1.18 bits per heavy atom. The van der Waals surface area contributed by atoms with Crippen LogP contribution in [0.5, 0.6) is 5.75 Å². The average molecular weight is 396 g/mol. The molecule has 4 aromatic rings. The van der Waals surface area contributed by atoms with Gasteiger partial charge < -0.3 is 14.5 Å². The zero-order valence-corrected chi connectivity index (χ0v) is 15.6. The van der Waals surface area contributed by atoms with Gasteiger partial charge in [-0.3, -0.25) is 4.79 Å². The third-order valence-corrected chi connectivity index (χ3v) is 4.60. The highest BCUT2D eigenvalue weighted by Crippen LogP contribution is 2.31. The predicted octanol–water partition coefficient (Wildman–Crippen LogP) is 5.05. The molecule has 0 saturated carbocycles. The number of hydrogen-bond donors (Lipinski definition) is 1. The molecule has 28 heavy (non-hydrogen) atoms. The molecule has 0 saturated heterocycles. The molecule has 5 nitrogen and oxygen atoms in total. The van der Waals surface area contributed by atoms with Gasteiger partial charge in [-0.25, -0.2) is 9.37 Å². The highest BCUT2D eigenvalue weighted by atomic mass is 35.5. The Balaban J connectivity index is 1.69. The largest absolute Gasteiger partial charge is 0.495 e. The lowest BCUT2D eigenvalue weighted by Gasteiger charge is -2.12. The molecule has 0 atom stereocenters. The molecule has 0 fully saturated rings. The van der Waals surface area contributed by atoms with Crippen LogP contribution in [0.3, 0.4) is 0 Å². The van der Waals surface area contributed by atoms with E-state index in [0.717, 1.165) is 23.0 Å². The minimum Gasteiger partial charge on any atom is -0.495 e. The van der Waals surface area contributed by atoms with Gasteiger partial charge in [0.25, 0.3) is 5.91 Å². The van der Waals surface area contributed by atoms with Gasteiger partial charge in [0, 0.05) is 18.0 Å². The highest BCUT2D eigenvalue weighted by molar-refractivity contribution is 6.34. The van der Waals surface area contributed by atoms with Crippen molar-refractivity contribution < 1.29 is 13.9 Å². The molecule has 7 heteroatoms. The Bertz CT molecular complexity index is 1160. The number of anilines is 1. The van der Waals surface area contributed by atoms with Crippen LogP contribution in [0.1, 0.15) is 10.4 Å². The maximum Gasteiger partial charge on any atom is 0.257 e. The summed E-state index contributed by atoms with van der Waals surface area (Å²) < 4.78 is 20.5. The number of nitrogens with one attached hydrogen (secondary N) is 1. The second-order valence-corrected chi connectivity index (χ2v) is 6.49. The van der Waals surface area contributed by atoms with E-state index in [4.69, 9.17) is 16.3 Å². The number of pyridine rings is 1. The number of methoxy groups -OCH3 is 1. The summed E-state index contributed by atoms with van der Waals surface area (Å²) in [5.74, 6) is -0.484. The number of ether oxygens (including phenoxy) is 1. The lowest BCUT2D eigenvalue weighted by Crippen LogP contribution is -2.13. The summed E-state index contributed by atoms with van der Waals surface area (Å²) in [5, 5.41) is 2.81. The van der Waals surface area contributed by atoms with E-state index in [1.165, 1.54) is 19.2 Å². The van der Waals surface area contributed by atoms with Crippen molar-refractivity contribution in [2.75, 3.05) is 12.4 Å². The first-order valence-electron chi connectivity index (χ1n) is 8.44.